The van der Waals surface area contributed by atoms with Crippen LogP contribution in [0.25, 0.3) is 0 Å². The highest BCUT2D eigenvalue weighted by Gasteiger charge is 2.42. The van der Waals surface area contributed by atoms with Crippen molar-refractivity contribution in [3.63, 3.8) is 0 Å². The van der Waals surface area contributed by atoms with E-state index in [1.54, 1.807) is 0 Å². The molecule has 1 aromatic rings. The average molecular weight is 288 g/mol. The Morgan fingerprint density at radius 3 is 2.29 bits per heavy atom. The molecule has 1 aliphatic carbocycles. The summed E-state index contributed by atoms with van der Waals surface area (Å²) in [6.45, 7) is 5.54. The molecule has 0 heterocycles. The SMILES string of the molecule is CCCNC(Cc1ccc(C)cc1)C1(N(C)C)CCCC1. The van der Waals surface area contributed by atoms with Gasteiger partial charge >= 0.3 is 0 Å². The highest BCUT2D eigenvalue weighted by atomic mass is 15.2. The minimum atomic E-state index is 0.333. The van der Waals surface area contributed by atoms with Gasteiger partial charge in [0.25, 0.3) is 0 Å². The standard InChI is InChI=1S/C19H32N2/c1-5-14-20-18(15-17-10-8-16(2)9-11-17)19(21(3)4)12-6-7-13-19/h8-11,18,20H,5-7,12-15H2,1-4H3. The molecule has 2 rings (SSSR count). The van der Waals surface area contributed by atoms with E-state index in [0.29, 0.717) is 11.6 Å². The van der Waals surface area contributed by atoms with E-state index in [9.17, 15) is 0 Å². The fourth-order valence-corrected chi connectivity index (χ4v) is 3.83. The Morgan fingerprint density at radius 2 is 1.76 bits per heavy atom. The lowest BCUT2D eigenvalue weighted by atomic mass is 9.83. The number of rotatable bonds is 7. The van der Waals surface area contributed by atoms with Crippen molar-refractivity contribution in [2.75, 3.05) is 20.6 Å². The molecule has 0 saturated heterocycles. The molecule has 1 unspecified atom stereocenters. The fourth-order valence-electron chi connectivity index (χ4n) is 3.83. The summed E-state index contributed by atoms with van der Waals surface area (Å²) in [6.07, 6.45) is 7.74. The number of nitrogens with one attached hydrogen (secondary N) is 1. The molecule has 1 aliphatic rings. The minimum absolute atomic E-state index is 0.333. The van der Waals surface area contributed by atoms with Crippen molar-refractivity contribution in [2.45, 2.75) is 64.0 Å². The number of nitrogens with zero attached hydrogens (tertiary/aromatic N) is 1. The van der Waals surface area contributed by atoms with Crippen LogP contribution in [0.2, 0.25) is 0 Å². The molecule has 0 radical (unpaired) electrons. The largest absolute Gasteiger partial charge is 0.312 e. The van der Waals surface area contributed by atoms with Crippen LogP contribution in [0.4, 0.5) is 0 Å². The van der Waals surface area contributed by atoms with Crippen LogP contribution in [0, 0.1) is 6.92 Å². The van der Waals surface area contributed by atoms with Crippen LogP contribution in [0.5, 0.6) is 0 Å². The lowest BCUT2D eigenvalue weighted by Crippen LogP contribution is -2.58. The minimum Gasteiger partial charge on any atom is -0.312 e. The normalized spacial score (nSPS) is 19.1. The first kappa shape index (κ1) is 16.5. The molecular weight excluding hydrogens is 256 g/mol. The molecule has 0 amide bonds. The summed E-state index contributed by atoms with van der Waals surface area (Å²) in [5.41, 5.74) is 3.14. The highest BCUT2D eigenvalue weighted by Crippen LogP contribution is 2.37. The molecule has 1 N–H and O–H groups in total. The molecule has 0 spiro atoms. The molecule has 0 bridgehead atoms. The van der Waals surface area contributed by atoms with Crippen LogP contribution in [0.1, 0.15) is 50.2 Å². The second-order valence-electron chi connectivity index (χ2n) is 6.90. The van der Waals surface area contributed by atoms with Gasteiger partial charge in [0.05, 0.1) is 0 Å². The first-order valence-electron chi connectivity index (χ1n) is 8.55. The van der Waals surface area contributed by atoms with E-state index in [1.807, 2.05) is 0 Å². The quantitative estimate of drug-likeness (QED) is 0.821. The third-order valence-electron chi connectivity index (χ3n) is 5.21. The molecule has 21 heavy (non-hydrogen) atoms. The smallest absolute Gasteiger partial charge is 0.0359 e. The topological polar surface area (TPSA) is 15.3 Å². The third kappa shape index (κ3) is 3.87. The maximum absolute atomic E-state index is 3.85. The van der Waals surface area contributed by atoms with E-state index in [1.165, 1.54) is 43.2 Å². The van der Waals surface area contributed by atoms with Crippen LogP contribution in [0.3, 0.4) is 0 Å². The van der Waals surface area contributed by atoms with E-state index in [4.69, 9.17) is 0 Å². The predicted octanol–water partition coefficient (Wildman–Crippen LogP) is 3.78. The van der Waals surface area contributed by atoms with Crippen molar-refractivity contribution in [1.82, 2.24) is 10.2 Å². The number of likely N-dealkylation sites (N-methyl/N-ethyl adjacent to an activating group) is 1. The third-order valence-corrected chi connectivity index (χ3v) is 5.21. The highest BCUT2D eigenvalue weighted by molar-refractivity contribution is 5.23. The Morgan fingerprint density at radius 1 is 1.14 bits per heavy atom. The summed E-state index contributed by atoms with van der Waals surface area (Å²) < 4.78 is 0. The van der Waals surface area contributed by atoms with Crippen molar-refractivity contribution in [3.05, 3.63) is 35.4 Å². The van der Waals surface area contributed by atoms with Gasteiger partial charge < -0.3 is 10.2 Å². The lowest BCUT2D eigenvalue weighted by molar-refractivity contribution is 0.104. The zero-order valence-corrected chi connectivity index (χ0v) is 14.3. The van der Waals surface area contributed by atoms with Crippen LogP contribution in [0.15, 0.2) is 24.3 Å². The van der Waals surface area contributed by atoms with Gasteiger partial charge in [0.2, 0.25) is 0 Å². The van der Waals surface area contributed by atoms with Gasteiger partial charge in [-0.1, -0.05) is 49.6 Å². The van der Waals surface area contributed by atoms with Gasteiger partial charge in [0, 0.05) is 11.6 Å². The summed E-state index contributed by atoms with van der Waals surface area (Å²) in [4.78, 5) is 2.49. The van der Waals surface area contributed by atoms with Gasteiger partial charge in [0.1, 0.15) is 0 Å². The molecule has 118 valence electrons. The molecule has 1 atom stereocenters. The van der Waals surface area contributed by atoms with E-state index in [-0.39, 0.29) is 0 Å². The van der Waals surface area contributed by atoms with Gasteiger partial charge in [0.15, 0.2) is 0 Å². The number of hydrogen-bond donors (Lipinski definition) is 1. The van der Waals surface area contributed by atoms with Crippen LogP contribution in [-0.4, -0.2) is 37.1 Å². The predicted molar refractivity (Wildman–Crippen MR) is 91.9 cm³/mol. The number of benzene rings is 1. The maximum atomic E-state index is 3.85. The first-order valence-corrected chi connectivity index (χ1v) is 8.55. The van der Waals surface area contributed by atoms with Crippen molar-refractivity contribution in [1.29, 1.82) is 0 Å². The Labute approximate surface area is 130 Å². The monoisotopic (exact) mass is 288 g/mol. The Balaban J connectivity index is 2.18. The van der Waals surface area contributed by atoms with E-state index in [2.05, 4.69) is 62.4 Å². The van der Waals surface area contributed by atoms with Crippen LogP contribution >= 0.6 is 0 Å². The maximum Gasteiger partial charge on any atom is 0.0359 e. The summed E-state index contributed by atoms with van der Waals surface area (Å²) in [5, 5.41) is 3.85. The van der Waals surface area contributed by atoms with Crippen molar-refractivity contribution in [2.24, 2.45) is 0 Å². The lowest BCUT2D eigenvalue weighted by Gasteiger charge is -2.44. The van der Waals surface area contributed by atoms with Crippen molar-refractivity contribution in [3.8, 4) is 0 Å². The van der Waals surface area contributed by atoms with E-state index in [0.717, 1.165) is 13.0 Å². The zero-order chi connectivity index (χ0) is 15.3. The van der Waals surface area contributed by atoms with Gasteiger partial charge in [-0.25, -0.2) is 0 Å². The molecule has 0 aliphatic heterocycles. The average Bonchev–Trinajstić information content (AvgIpc) is 2.96. The molecular formula is C19H32N2. The second-order valence-corrected chi connectivity index (χ2v) is 6.90. The number of hydrogen-bond acceptors (Lipinski definition) is 2. The molecule has 1 saturated carbocycles. The zero-order valence-electron chi connectivity index (χ0n) is 14.3. The summed E-state index contributed by atoms with van der Waals surface area (Å²) in [7, 11) is 4.53. The van der Waals surface area contributed by atoms with Gasteiger partial charge in [-0.3, -0.25) is 0 Å². The van der Waals surface area contributed by atoms with Gasteiger partial charge in [-0.2, -0.15) is 0 Å². The number of aryl methyl sites for hydroxylation is 1. The van der Waals surface area contributed by atoms with Gasteiger partial charge in [-0.15, -0.1) is 0 Å². The Hall–Kier alpha value is -0.860. The summed E-state index contributed by atoms with van der Waals surface area (Å²) in [6, 6.07) is 9.63. The Kier molecular flexibility index (Phi) is 5.83. The fraction of sp³-hybridized carbons (Fsp3) is 0.684. The Bertz CT molecular complexity index is 416. The molecule has 2 nitrogen and oxygen atoms in total. The van der Waals surface area contributed by atoms with E-state index >= 15 is 0 Å². The molecule has 0 aromatic heterocycles. The van der Waals surface area contributed by atoms with Crippen LogP contribution in [-0.2, 0) is 6.42 Å². The molecule has 1 fully saturated rings. The van der Waals surface area contributed by atoms with Crippen LogP contribution < -0.4 is 5.32 Å². The molecule has 1 aromatic carbocycles. The molecule has 2 heteroatoms. The van der Waals surface area contributed by atoms with E-state index < -0.39 is 0 Å². The van der Waals surface area contributed by atoms with Gasteiger partial charge in [-0.05, 0) is 58.8 Å². The first-order chi connectivity index (χ1) is 10.1. The summed E-state index contributed by atoms with van der Waals surface area (Å²) >= 11 is 0. The van der Waals surface area contributed by atoms with Crippen molar-refractivity contribution < 1.29 is 0 Å². The second kappa shape index (κ2) is 7.42. The summed E-state index contributed by atoms with van der Waals surface area (Å²) in [5.74, 6) is 0. The van der Waals surface area contributed by atoms with Crippen molar-refractivity contribution >= 4 is 0 Å².